The van der Waals surface area contributed by atoms with Gasteiger partial charge in [0.05, 0.1) is 24.7 Å². The molecule has 0 spiro atoms. The van der Waals surface area contributed by atoms with E-state index in [1.54, 1.807) is 24.3 Å². The molecule has 1 heterocycles. The molecule has 0 radical (unpaired) electrons. The van der Waals surface area contributed by atoms with Crippen LogP contribution in [0.1, 0.15) is 32.8 Å². The summed E-state index contributed by atoms with van der Waals surface area (Å²) in [6.45, 7) is 12.8. The number of hydrogen-bond acceptors (Lipinski definition) is 5. The van der Waals surface area contributed by atoms with Gasteiger partial charge in [0, 0.05) is 0 Å². The molecule has 8 heteroatoms. The highest BCUT2D eigenvalue weighted by Gasteiger charge is 2.51. The Balaban J connectivity index is 2.26. The minimum Gasteiger partial charge on any atom is -0.468 e. The van der Waals surface area contributed by atoms with Crippen molar-refractivity contribution in [2.45, 2.75) is 69.2 Å². The van der Waals surface area contributed by atoms with E-state index in [2.05, 4.69) is 33.9 Å². The molecular weight excluding hydrogens is 382 g/mol. The van der Waals surface area contributed by atoms with Gasteiger partial charge in [0.1, 0.15) is 6.04 Å². The van der Waals surface area contributed by atoms with Crippen molar-refractivity contribution < 1.29 is 22.4 Å². The Hall–Kier alpha value is -1.22. The van der Waals surface area contributed by atoms with E-state index in [9.17, 15) is 13.2 Å². The number of rotatable bonds is 6. The third-order valence-electron chi connectivity index (χ3n) is 5.67. The van der Waals surface area contributed by atoms with Crippen LogP contribution in [0.4, 0.5) is 0 Å². The summed E-state index contributed by atoms with van der Waals surface area (Å²) in [6, 6.07) is 5.48. The van der Waals surface area contributed by atoms with Crippen molar-refractivity contribution in [3.8, 4) is 0 Å². The van der Waals surface area contributed by atoms with Crippen LogP contribution in [0.25, 0.3) is 0 Å². The summed E-state index contributed by atoms with van der Waals surface area (Å²) >= 11 is 0. The van der Waals surface area contributed by atoms with Crippen LogP contribution in [0.2, 0.25) is 18.1 Å². The van der Waals surface area contributed by atoms with E-state index in [4.69, 9.17) is 9.16 Å². The monoisotopic (exact) mass is 413 g/mol. The lowest BCUT2D eigenvalue weighted by molar-refractivity contribution is -0.151. The largest absolute Gasteiger partial charge is 0.468 e. The Morgan fingerprint density at radius 2 is 1.78 bits per heavy atom. The van der Waals surface area contributed by atoms with Gasteiger partial charge in [-0.15, -0.1) is 0 Å². The lowest BCUT2D eigenvalue weighted by Crippen LogP contribution is -2.64. The van der Waals surface area contributed by atoms with E-state index in [0.29, 0.717) is 6.42 Å². The summed E-state index contributed by atoms with van der Waals surface area (Å²) in [5.41, 5.74) is 0.972. The van der Waals surface area contributed by atoms with Gasteiger partial charge < -0.3 is 9.16 Å². The van der Waals surface area contributed by atoms with Gasteiger partial charge >= 0.3 is 5.97 Å². The Morgan fingerprint density at radius 3 is 2.26 bits per heavy atom. The molecule has 27 heavy (non-hydrogen) atoms. The van der Waals surface area contributed by atoms with Gasteiger partial charge in [0.2, 0.25) is 10.0 Å². The van der Waals surface area contributed by atoms with Gasteiger partial charge in [-0.2, -0.15) is 4.31 Å². The molecule has 152 valence electrons. The number of carbonyl (C=O) groups is 1. The second-order valence-corrected chi connectivity index (χ2v) is 15.3. The third kappa shape index (κ3) is 4.44. The number of aryl methyl sites for hydroxylation is 1. The summed E-state index contributed by atoms with van der Waals surface area (Å²) in [4.78, 5) is 12.3. The normalized spacial score (nSPS) is 21.6. The SMILES string of the molecule is COC(=O)[C@H]1C[C@@H](CO[Si](C)(C)C(C)(C)C)N1S(=O)(=O)c1ccc(C)cc1. The fraction of sp³-hybridized carbons (Fsp3) is 0.632. The van der Waals surface area contributed by atoms with E-state index in [1.165, 1.54) is 11.4 Å². The summed E-state index contributed by atoms with van der Waals surface area (Å²) in [5, 5.41) is 0.0269. The number of esters is 1. The zero-order valence-electron chi connectivity index (χ0n) is 17.3. The zero-order valence-corrected chi connectivity index (χ0v) is 19.1. The molecule has 2 atom stereocenters. The van der Waals surface area contributed by atoms with Crippen LogP contribution in [0.15, 0.2) is 29.2 Å². The van der Waals surface area contributed by atoms with E-state index in [1.807, 2.05) is 6.92 Å². The number of nitrogens with zero attached hydrogens (tertiary/aromatic N) is 1. The maximum atomic E-state index is 13.2. The molecule has 1 fully saturated rings. The summed E-state index contributed by atoms with van der Waals surface area (Å²) in [6.07, 6.45) is 0.409. The van der Waals surface area contributed by atoms with Gasteiger partial charge in [0.15, 0.2) is 8.32 Å². The predicted octanol–water partition coefficient (Wildman–Crippen LogP) is 3.32. The molecule has 2 rings (SSSR count). The second kappa shape index (κ2) is 7.65. The van der Waals surface area contributed by atoms with E-state index < -0.39 is 30.4 Å². The number of ether oxygens (including phenoxy) is 1. The number of sulfonamides is 1. The molecule has 0 N–H and O–H groups in total. The first kappa shape index (κ1) is 22.1. The van der Waals surface area contributed by atoms with Crippen LogP contribution in [-0.4, -0.2) is 52.8 Å². The van der Waals surface area contributed by atoms with Crippen molar-refractivity contribution in [1.29, 1.82) is 0 Å². The Morgan fingerprint density at radius 1 is 1.22 bits per heavy atom. The molecule has 1 saturated heterocycles. The van der Waals surface area contributed by atoms with Crippen LogP contribution in [0, 0.1) is 6.92 Å². The lowest BCUT2D eigenvalue weighted by Gasteiger charge is -2.47. The van der Waals surface area contributed by atoms with Crippen molar-refractivity contribution >= 4 is 24.3 Å². The molecule has 0 unspecified atom stereocenters. The first-order valence-electron chi connectivity index (χ1n) is 9.13. The summed E-state index contributed by atoms with van der Waals surface area (Å²) in [7, 11) is -4.55. The van der Waals surface area contributed by atoms with E-state index in [0.717, 1.165) is 5.56 Å². The number of methoxy groups -OCH3 is 1. The van der Waals surface area contributed by atoms with Crippen LogP contribution >= 0.6 is 0 Å². The van der Waals surface area contributed by atoms with Gasteiger partial charge in [0.25, 0.3) is 0 Å². The average molecular weight is 414 g/mol. The van der Waals surface area contributed by atoms with E-state index in [-0.39, 0.29) is 22.6 Å². The highest BCUT2D eigenvalue weighted by atomic mass is 32.2. The van der Waals surface area contributed by atoms with Crippen molar-refractivity contribution in [2.75, 3.05) is 13.7 Å². The van der Waals surface area contributed by atoms with Crippen LogP contribution in [0.5, 0.6) is 0 Å². The number of carbonyl (C=O) groups excluding carboxylic acids is 1. The molecule has 1 aliphatic rings. The molecule has 0 amide bonds. The second-order valence-electron chi connectivity index (χ2n) is 8.65. The smallest absolute Gasteiger partial charge is 0.324 e. The average Bonchev–Trinajstić information content (AvgIpc) is 2.52. The van der Waals surface area contributed by atoms with Crippen LogP contribution < -0.4 is 0 Å². The van der Waals surface area contributed by atoms with Crippen molar-refractivity contribution in [3.63, 3.8) is 0 Å². The summed E-state index contributed by atoms with van der Waals surface area (Å²) < 4.78 is 38.6. The minimum absolute atomic E-state index is 0.0269. The van der Waals surface area contributed by atoms with Gasteiger partial charge in [-0.1, -0.05) is 38.5 Å². The first-order valence-corrected chi connectivity index (χ1v) is 13.5. The Labute approximate surface area is 164 Å². The lowest BCUT2D eigenvalue weighted by atomic mass is 9.98. The maximum absolute atomic E-state index is 13.2. The highest BCUT2D eigenvalue weighted by molar-refractivity contribution is 7.89. The van der Waals surface area contributed by atoms with Crippen molar-refractivity contribution in [2.24, 2.45) is 0 Å². The van der Waals surface area contributed by atoms with Crippen molar-refractivity contribution in [1.82, 2.24) is 4.31 Å². The zero-order chi connectivity index (χ0) is 20.6. The maximum Gasteiger partial charge on any atom is 0.324 e. The Bertz CT molecular complexity index is 783. The number of benzene rings is 1. The van der Waals surface area contributed by atoms with Gasteiger partial charge in [-0.3, -0.25) is 4.79 Å². The summed E-state index contributed by atoms with van der Waals surface area (Å²) in [5.74, 6) is -0.533. The standard InChI is InChI=1S/C19H31NO5SSi/c1-14-8-10-16(11-9-14)26(22,23)20-15(12-17(20)18(21)24-5)13-25-27(6,7)19(2,3)4/h8-11,15,17H,12-13H2,1-7H3/t15-,17+/m0/s1. The molecule has 1 aromatic rings. The Kier molecular flexibility index (Phi) is 6.26. The molecule has 1 aromatic carbocycles. The fourth-order valence-electron chi connectivity index (χ4n) is 2.78. The fourth-order valence-corrected chi connectivity index (χ4v) is 5.59. The topological polar surface area (TPSA) is 72.9 Å². The van der Waals surface area contributed by atoms with Crippen LogP contribution in [-0.2, 0) is 24.0 Å². The van der Waals surface area contributed by atoms with Crippen molar-refractivity contribution in [3.05, 3.63) is 29.8 Å². The molecule has 6 nitrogen and oxygen atoms in total. The molecule has 1 aliphatic heterocycles. The van der Waals surface area contributed by atoms with Gasteiger partial charge in [-0.05, 0) is 43.6 Å². The predicted molar refractivity (Wildman–Crippen MR) is 108 cm³/mol. The number of hydrogen-bond donors (Lipinski definition) is 0. The molecule has 0 aromatic heterocycles. The highest BCUT2D eigenvalue weighted by Crippen LogP contribution is 2.39. The van der Waals surface area contributed by atoms with E-state index >= 15 is 0 Å². The minimum atomic E-state index is -3.81. The van der Waals surface area contributed by atoms with Gasteiger partial charge in [-0.25, -0.2) is 8.42 Å². The molecule has 0 bridgehead atoms. The molecule has 0 aliphatic carbocycles. The first-order chi connectivity index (χ1) is 12.3. The molecular formula is C19H31NO5SSi. The quantitative estimate of drug-likeness (QED) is 0.528. The third-order valence-corrected chi connectivity index (χ3v) is 12.2. The van der Waals surface area contributed by atoms with Crippen LogP contribution in [0.3, 0.4) is 0 Å². The molecule has 0 saturated carbocycles.